The second-order valence-corrected chi connectivity index (χ2v) is 7.12. The van der Waals surface area contributed by atoms with Gasteiger partial charge >= 0.3 is 12.5 Å². The second kappa shape index (κ2) is 6.70. The van der Waals surface area contributed by atoms with Gasteiger partial charge in [0, 0.05) is 6.07 Å². The van der Waals surface area contributed by atoms with Gasteiger partial charge in [-0.05, 0) is 48.8 Å². The molecule has 0 unspecified atom stereocenters. The average Bonchev–Trinajstić information content (AvgIpc) is 2.32. The van der Waals surface area contributed by atoms with E-state index in [9.17, 15) is 18.0 Å². The molecule has 0 saturated carbocycles. The van der Waals surface area contributed by atoms with E-state index in [4.69, 9.17) is 9.47 Å². The lowest BCUT2D eigenvalue weighted by Crippen LogP contribution is -2.57. The minimum atomic E-state index is -4.77. The Bertz CT molecular complexity index is 610. The fourth-order valence-electron chi connectivity index (χ4n) is 1.94. The van der Waals surface area contributed by atoms with E-state index in [0.717, 1.165) is 6.07 Å². The molecule has 1 fully saturated rings. The van der Waals surface area contributed by atoms with Crippen molar-refractivity contribution in [2.24, 2.45) is 0 Å². The van der Waals surface area contributed by atoms with Crippen molar-refractivity contribution in [3.05, 3.63) is 22.7 Å². The third-order valence-electron chi connectivity index (χ3n) is 2.93. The number of hydrogen-bond acceptors (Lipinski definition) is 4. The van der Waals surface area contributed by atoms with Crippen LogP contribution in [0, 0.1) is 0 Å². The lowest BCUT2D eigenvalue weighted by molar-refractivity contribution is -0.274. The van der Waals surface area contributed by atoms with Crippen LogP contribution >= 0.6 is 15.9 Å². The highest BCUT2D eigenvalue weighted by molar-refractivity contribution is 9.10. The average molecular weight is 412 g/mol. The first kappa shape index (κ1) is 18.7. The first-order chi connectivity index (χ1) is 10.9. The van der Waals surface area contributed by atoms with E-state index >= 15 is 0 Å². The molecule has 0 bridgehead atoms. The van der Waals surface area contributed by atoms with Crippen molar-refractivity contribution in [1.82, 2.24) is 4.90 Å². The summed E-state index contributed by atoms with van der Waals surface area (Å²) in [5.74, 6) is -0.158. The first-order valence-corrected chi connectivity index (χ1v) is 7.92. The summed E-state index contributed by atoms with van der Waals surface area (Å²) in [5, 5.41) is 0. The van der Waals surface area contributed by atoms with Crippen molar-refractivity contribution in [3.63, 3.8) is 0 Å². The molecule has 2 rings (SSSR count). The Morgan fingerprint density at radius 3 is 2.42 bits per heavy atom. The normalized spacial score (nSPS) is 15.7. The molecule has 1 aliphatic heterocycles. The van der Waals surface area contributed by atoms with Crippen molar-refractivity contribution in [2.75, 3.05) is 13.1 Å². The summed E-state index contributed by atoms with van der Waals surface area (Å²) < 4.78 is 51.9. The van der Waals surface area contributed by atoms with Gasteiger partial charge in [-0.2, -0.15) is 0 Å². The number of carbonyl (C=O) groups excluding carboxylic acids is 1. The quantitative estimate of drug-likeness (QED) is 0.741. The van der Waals surface area contributed by atoms with Crippen LogP contribution in [0.25, 0.3) is 0 Å². The number of alkyl halides is 3. The molecule has 0 spiro atoms. The number of halogens is 4. The van der Waals surface area contributed by atoms with E-state index in [0.29, 0.717) is 17.6 Å². The van der Waals surface area contributed by atoms with E-state index < -0.39 is 18.1 Å². The van der Waals surface area contributed by atoms with Crippen molar-refractivity contribution in [3.8, 4) is 11.5 Å². The fourth-order valence-corrected chi connectivity index (χ4v) is 2.28. The molecule has 0 aliphatic carbocycles. The number of hydrogen-bond donors (Lipinski definition) is 0. The maximum absolute atomic E-state index is 12.3. The topological polar surface area (TPSA) is 48.0 Å². The SMILES string of the molecule is CC(C)(C)OC(=O)N1CC(Oc2cc(OC(F)(F)F)ccc2Br)C1. The molecule has 9 heteroatoms. The maximum Gasteiger partial charge on any atom is 0.573 e. The van der Waals surface area contributed by atoms with Crippen LogP contribution in [0.15, 0.2) is 22.7 Å². The van der Waals surface area contributed by atoms with Crippen LogP contribution in [0.2, 0.25) is 0 Å². The molecular weight excluding hydrogens is 395 g/mol. The smallest absolute Gasteiger partial charge is 0.485 e. The Hall–Kier alpha value is -1.64. The lowest BCUT2D eigenvalue weighted by Gasteiger charge is -2.39. The van der Waals surface area contributed by atoms with Gasteiger partial charge in [-0.25, -0.2) is 4.79 Å². The number of ether oxygens (including phenoxy) is 3. The van der Waals surface area contributed by atoms with Gasteiger partial charge < -0.3 is 19.1 Å². The third-order valence-corrected chi connectivity index (χ3v) is 3.58. The fraction of sp³-hybridized carbons (Fsp3) is 0.533. The summed E-state index contributed by atoms with van der Waals surface area (Å²) in [6, 6.07) is 3.73. The van der Waals surface area contributed by atoms with Crippen molar-refractivity contribution in [2.45, 2.75) is 38.8 Å². The lowest BCUT2D eigenvalue weighted by atomic mass is 10.1. The second-order valence-electron chi connectivity index (χ2n) is 6.27. The Morgan fingerprint density at radius 2 is 1.88 bits per heavy atom. The van der Waals surface area contributed by atoms with Crippen LogP contribution in [0.1, 0.15) is 20.8 Å². The maximum atomic E-state index is 12.3. The Kier molecular flexibility index (Phi) is 5.22. The predicted molar refractivity (Wildman–Crippen MR) is 83.0 cm³/mol. The molecule has 1 saturated heterocycles. The zero-order valence-electron chi connectivity index (χ0n) is 13.3. The Morgan fingerprint density at radius 1 is 1.25 bits per heavy atom. The zero-order valence-corrected chi connectivity index (χ0v) is 14.9. The van der Waals surface area contributed by atoms with Crippen LogP contribution < -0.4 is 9.47 Å². The van der Waals surface area contributed by atoms with Crippen LogP contribution in [0.5, 0.6) is 11.5 Å². The number of nitrogens with zero attached hydrogens (tertiary/aromatic N) is 1. The van der Waals surface area contributed by atoms with Crippen molar-refractivity contribution < 1.29 is 32.2 Å². The third kappa shape index (κ3) is 5.47. The highest BCUT2D eigenvalue weighted by Crippen LogP contribution is 2.33. The van der Waals surface area contributed by atoms with Gasteiger partial charge in [-0.1, -0.05) is 0 Å². The van der Waals surface area contributed by atoms with E-state index in [1.54, 1.807) is 20.8 Å². The van der Waals surface area contributed by atoms with Gasteiger partial charge in [-0.3, -0.25) is 0 Å². The van der Waals surface area contributed by atoms with E-state index in [1.165, 1.54) is 17.0 Å². The number of rotatable bonds is 3. The molecule has 0 radical (unpaired) electrons. The molecule has 1 heterocycles. The van der Waals surface area contributed by atoms with Gasteiger partial charge in [-0.15, -0.1) is 13.2 Å². The van der Waals surface area contributed by atoms with E-state index in [2.05, 4.69) is 20.7 Å². The van der Waals surface area contributed by atoms with E-state index in [-0.39, 0.29) is 17.6 Å². The van der Waals surface area contributed by atoms with Crippen LogP contribution in [-0.2, 0) is 4.74 Å². The van der Waals surface area contributed by atoms with E-state index in [1.807, 2.05) is 0 Å². The van der Waals surface area contributed by atoms with Gasteiger partial charge in [0.05, 0.1) is 17.6 Å². The summed E-state index contributed by atoms with van der Waals surface area (Å²) in [4.78, 5) is 13.3. The molecule has 134 valence electrons. The summed E-state index contributed by atoms with van der Waals surface area (Å²) in [5.41, 5.74) is -0.588. The van der Waals surface area contributed by atoms with Gasteiger partial charge in [0.1, 0.15) is 23.2 Å². The zero-order chi connectivity index (χ0) is 18.1. The molecule has 0 atom stereocenters. The first-order valence-electron chi connectivity index (χ1n) is 7.13. The minimum absolute atomic E-state index is 0.214. The van der Waals surface area contributed by atoms with Crippen LogP contribution in [0.3, 0.4) is 0 Å². The Balaban J connectivity index is 1.92. The number of likely N-dealkylation sites (tertiary alicyclic amines) is 1. The highest BCUT2D eigenvalue weighted by atomic mass is 79.9. The summed E-state index contributed by atoms with van der Waals surface area (Å²) in [7, 11) is 0. The number of benzene rings is 1. The predicted octanol–water partition coefficient (Wildman–Crippen LogP) is 4.35. The molecule has 0 aromatic heterocycles. The molecular formula is C15H17BrF3NO4. The minimum Gasteiger partial charge on any atom is -0.485 e. The molecule has 1 amide bonds. The largest absolute Gasteiger partial charge is 0.573 e. The summed E-state index contributed by atoms with van der Waals surface area (Å²) in [6.07, 6.45) is -5.54. The number of carbonyl (C=O) groups is 1. The summed E-state index contributed by atoms with van der Waals surface area (Å²) in [6.45, 7) is 5.89. The number of amides is 1. The Labute approximate surface area is 145 Å². The van der Waals surface area contributed by atoms with Crippen LogP contribution in [0.4, 0.5) is 18.0 Å². The van der Waals surface area contributed by atoms with Gasteiger partial charge in [0.15, 0.2) is 0 Å². The van der Waals surface area contributed by atoms with Gasteiger partial charge in [0.25, 0.3) is 0 Å². The molecule has 5 nitrogen and oxygen atoms in total. The molecule has 24 heavy (non-hydrogen) atoms. The van der Waals surface area contributed by atoms with Crippen LogP contribution in [-0.4, -0.2) is 42.2 Å². The standard InChI is InChI=1S/C15H17BrF3NO4/c1-14(2,3)24-13(21)20-7-10(8-20)22-12-6-9(4-5-11(12)16)23-15(17,18)19/h4-6,10H,7-8H2,1-3H3. The molecule has 0 N–H and O–H groups in total. The molecule has 1 aromatic rings. The summed E-state index contributed by atoms with van der Waals surface area (Å²) >= 11 is 3.21. The molecule has 1 aromatic carbocycles. The highest BCUT2D eigenvalue weighted by Gasteiger charge is 2.36. The van der Waals surface area contributed by atoms with Gasteiger partial charge in [0.2, 0.25) is 0 Å². The van der Waals surface area contributed by atoms with Crippen molar-refractivity contribution in [1.29, 1.82) is 0 Å². The molecule has 1 aliphatic rings. The van der Waals surface area contributed by atoms with Crippen molar-refractivity contribution >= 4 is 22.0 Å². The monoisotopic (exact) mass is 411 g/mol.